The number of rotatable bonds is 5. The maximum Gasteiger partial charge on any atom is 0.152 e. The molecule has 0 unspecified atom stereocenters. The van der Waals surface area contributed by atoms with E-state index in [4.69, 9.17) is 4.99 Å². The van der Waals surface area contributed by atoms with Crippen molar-refractivity contribution < 1.29 is 0 Å². The zero-order valence-electron chi connectivity index (χ0n) is 33.0. The quantitative estimate of drug-likeness (QED) is 0.0787. The summed E-state index contributed by atoms with van der Waals surface area (Å²) in [7, 11) is 0. The van der Waals surface area contributed by atoms with Gasteiger partial charge in [-0.1, -0.05) is 196 Å². The highest BCUT2D eigenvalue weighted by Gasteiger charge is 2.35. The molecule has 0 saturated heterocycles. The first-order chi connectivity index (χ1) is 29.0. The lowest BCUT2D eigenvalue weighted by atomic mass is 9.82. The van der Waals surface area contributed by atoms with E-state index in [9.17, 15) is 5.41 Å². The normalized spacial score (nSPS) is 13.5. The maximum atomic E-state index is 9.17. The van der Waals surface area contributed by atoms with E-state index in [0.717, 1.165) is 22.4 Å². The molecule has 1 N–H and O–H groups in total. The zero-order chi connectivity index (χ0) is 39.7. The number of aliphatic imine (C=N–C) groups is 1. The monoisotopic (exact) mass is 752 g/mol. The Balaban J connectivity index is 1.16. The van der Waals surface area contributed by atoms with Gasteiger partial charge in [-0.25, -0.2) is 4.99 Å². The Labute approximate surface area is 344 Å². The molecule has 0 fully saturated rings. The van der Waals surface area contributed by atoms with Crippen molar-refractivity contribution >= 4 is 71.5 Å². The first-order valence-electron chi connectivity index (χ1n) is 20.4. The summed E-state index contributed by atoms with van der Waals surface area (Å²) < 4.78 is 0. The smallest absolute Gasteiger partial charge is 0.152 e. The molecule has 2 nitrogen and oxygen atoms in total. The predicted octanol–water partition coefficient (Wildman–Crippen LogP) is 15.0. The summed E-state index contributed by atoms with van der Waals surface area (Å²) in [5, 5.41) is 21.4. The van der Waals surface area contributed by atoms with Crippen LogP contribution in [0.15, 0.2) is 199 Å². The second kappa shape index (κ2) is 13.6. The van der Waals surface area contributed by atoms with Gasteiger partial charge in [0, 0.05) is 16.5 Å². The highest BCUT2D eigenvalue weighted by atomic mass is 14.8. The molecule has 10 aromatic carbocycles. The molecule has 0 atom stereocenters. The van der Waals surface area contributed by atoms with E-state index in [2.05, 4.69) is 184 Å². The zero-order valence-corrected chi connectivity index (χ0v) is 33.0. The average Bonchev–Trinajstić information content (AvgIpc) is 3.52. The number of allylic oxidation sites excluding steroid dienone is 1. The number of nitrogens with zero attached hydrogens (tertiary/aromatic N) is 1. The van der Waals surface area contributed by atoms with Gasteiger partial charge in [0.15, 0.2) is 5.84 Å². The first-order valence-corrected chi connectivity index (χ1v) is 20.4. The lowest BCUT2D eigenvalue weighted by Crippen LogP contribution is -2.15. The molecule has 0 aromatic heterocycles. The van der Waals surface area contributed by atoms with Gasteiger partial charge in [0.2, 0.25) is 0 Å². The Bertz CT molecular complexity index is 3360. The molecule has 10 aromatic rings. The molecule has 1 aliphatic carbocycles. The fourth-order valence-corrected chi connectivity index (χ4v) is 9.72. The van der Waals surface area contributed by atoms with Crippen molar-refractivity contribution in [1.29, 1.82) is 5.41 Å². The SMILES string of the molecule is CC1(C)c2ccccc2-c2cc(C(/C=C/c3c4ccccc4c(-c4c5ccccc5cc5c4ccc4ccccc45)c4ccccc34)=NC(=N)c3ccccc3)ccc21. The van der Waals surface area contributed by atoms with Crippen LogP contribution in [0.5, 0.6) is 0 Å². The van der Waals surface area contributed by atoms with Gasteiger partial charge in [0.25, 0.3) is 0 Å². The van der Waals surface area contributed by atoms with Crippen molar-refractivity contribution in [3.8, 4) is 22.3 Å². The molecule has 278 valence electrons. The molecule has 0 amide bonds. The van der Waals surface area contributed by atoms with Crippen molar-refractivity contribution in [2.24, 2.45) is 4.99 Å². The van der Waals surface area contributed by atoms with E-state index >= 15 is 0 Å². The second-order valence-electron chi connectivity index (χ2n) is 16.2. The van der Waals surface area contributed by atoms with Gasteiger partial charge in [-0.3, -0.25) is 5.41 Å². The van der Waals surface area contributed by atoms with Crippen LogP contribution in [0, 0.1) is 5.41 Å². The molecule has 1 aliphatic rings. The topological polar surface area (TPSA) is 36.2 Å². The lowest BCUT2D eigenvalue weighted by Gasteiger charge is -2.21. The fraction of sp³-hybridized carbons (Fsp3) is 0.0526. The summed E-state index contributed by atoms with van der Waals surface area (Å²) in [5.74, 6) is 0.229. The van der Waals surface area contributed by atoms with E-state index in [0.29, 0.717) is 0 Å². The molecule has 0 radical (unpaired) electrons. The van der Waals surface area contributed by atoms with Crippen LogP contribution in [0.25, 0.3) is 82.2 Å². The highest BCUT2D eigenvalue weighted by Crippen LogP contribution is 2.49. The molecule has 59 heavy (non-hydrogen) atoms. The minimum atomic E-state index is -0.101. The van der Waals surface area contributed by atoms with E-state index in [1.807, 2.05) is 30.3 Å². The molecule has 0 bridgehead atoms. The Kier molecular flexibility index (Phi) is 8.03. The molecule has 11 rings (SSSR count). The number of nitrogens with one attached hydrogen (secondary N) is 1. The van der Waals surface area contributed by atoms with E-state index in [1.165, 1.54) is 87.2 Å². The van der Waals surface area contributed by atoms with Crippen molar-refractivity contribution in [3.05, 3.63) is 222 Å². The molecule has 0 spiro atoms. The van der Waals surface area contributed by atoms with Gasteiger partial charge >= 0.3 is 0 Å². The van der Waals surface area contributed by atoms with Crippen LogP contribution < -0.4 is 0 Å². The van der Waals surface area contributed by atoms with Crippen LogP contribution in [0.2, 0.25) is 0 Å². The third-order valence-electron chi connectivity index (χ3n) is 12.6. The Morgan fingerprint density at radius 3 is 1.75 bits per heavy atom. The van der Waals surface area contributed by atoms with Crippen LogP contribution in [0.3, 0.4) is 0 Å². The molecule has 0 saturated carbocycles. The van der Waals surface area contributed by atoms with Crippen molar-refractivity contribution in [2.45, 2.75) is 19.3 Å². The summed E-state index contributed by atoms with van der Waals surface area (Å²) in [6.45, 7) is 4.61. The van der Waals surface area contributed by atoms with Crippen molar-refractivity contribution in [1.82, 2.24) is 0 Å². The van der Waals surface area contributed by atoms with Gasteiger partial charge in [-0.2, -0.15) is 0 Å². The van der Waals surface area contributed by atoms with Crippen LogP contribution in [0.1, 0.15) is 41.7 Å². The van der Waals surface area contributed by atoms with Crippen molar-refractivity contribution in [3.63, 3.8) is 0 Å². The van der Waals surface area contributed by atoms with E-state index < -0.39 is 0 Å². The molecular formula is C57H40N2. The van der Waals surface area contributed by atoms with Crippen LogP contribution in [-0.2, 0) is 5.41 Å². The Morgan fingerprint density at radius 1 is 0.441 bits per heavy atom. The summed E-state index contributed by atoms with van der Waals surface area (Å²) >= 11 is 0. The fourth-order valence-electron chi connectivity index (χ4n) is 9.72. The third kappa shape index (κ3) is 5.56. The summed E-state index contributed by atoms with van der Waals surface area (Å²) in [6.07, 6.45) is 4.35. The highest BCUT2D eigenvalue weighted by molar-refractivity contribution is 6.28. The summed E-state index contributed by atoms with van der Waals surface area (Å²) in [6, 6.07) is 67.4. The van der Waals surface area contributed by atoms with Gasteiger partial charge in [-0.15, -0.1) is 0 Å². The number of hydrogen-bond donors (Lipinski definition) is 1. The summed E-state index contributed by atoms with van der Waals surface area (Å²) in [4.78, 5) is 5.08. The van der Waals surface area contributed by atoms with Crippen LogP contribution in [-0.4, -0.2) is 11.5 Å². The predicted molar refractivity (Wildman–Crippen MR) is 252 cm³/mol. The largest absolute Gasteiger partial charge is 0.282 e. The molecule has 2 heteroatoms. The van der Waals surface area contributed by atoms with E-state index in [-0.39, 0.29) is 11.3 Å². The van der Waals surface area contributed by atoms with Crippen molar-refractivity contribution in [2.75, 3.05) is 0 Å². The number of amidine groups is 1. The second-order valence-corrected chi connectivity index (χ2v) is 16.2. The number of hydrogen-bond acceptors (Lipinski definition) is 1. The maximum absolute atomic E-state index is 9.17. The number of fused-ring (bicyclic) bond motifs is 9. The van der Waals surface area contributed by atoms with Crippen LogP contribution >= 0.6 is 0 Å². The molecule has 0 heterocycles. The summed E-state index contributed by atoms with van der Waals surface area (Å²) in [5.41, 5.74) is 11.2. The minimum absolute atomic E-state index is 0.101. The standard InChI is InChI=1S/C57H40N2/c1-57(2)51-27-15-14-24-45(51)50-35-39(29-32-52(50)57)53(59-56(58)37-17-4-3-5-18-37)33-31-44-42-22-10-12-25-46(42)55(47-26-13-11-23-43(44)47)54-41-21-9-7-19-38(41)34-49-40-20-8-6-16-36(40)28-30-48(49)54/h3-35,58H,1-2H3/b33-31+,58-56?,59-53?. The van der Waals surface area contributed by atoms with Gasteiger partial charge in [-0.05, 0) is 111 Å². The lowest BCUT2D eigenvalue weighted by molar-refractivity contribution is 0.660. The van der Waals surface area contributed by atoms with E-state index in [1.54, 1.807) is 0 Å². The number of benzene rings is 10. The van der Waals surface area contributed by atoms with Crippen LogP contribution in [0.4, 0.5) is 0 Å². The Hall–Kier alpha value is -7.42. The Morgan fingerprint density at radius 2 is 1.00 bits per heavy atom. The minimum Gasteiger partial charge on any atom is -0.282 e. The average molecular weight is 753 g/mol. The van der Waals surface area contributed by atoms with Gasteiger partial charge in [0.05, 0.1) is 5.71 Å². The molecule has 0 aliphatic heterocycles. The van der Waals surface area contributed by atoms with Gasteiger partial charge < -0.3 is 0 Å². The third-order valence-corrected chi connectivity index (χ3v) is 12.6. The first kappa shape index (κ1) is 34.8. The molecular weight excluding hydrogens is 713 g/mol. The van der Waals surface area contributed by atoms with Gasteiger partial charge in [0.1, 0.15) is 0 Å².